The van der Waals surface area contributed by atoms with Crippen molar-refractivity contribution < 1.29 is 52.5 Å². The molecule has 16 heteroatoms. The Balaban J connectivity index is 4.58. The van der Waals surface area contributed by atoms with Crippen molar-refractivity contribution in [3.63, 3.8) is 0 Å². The van der Waals surface area contributed by atoms with Crippen LogP contribution in [0.3, 0.4) is 0 Å². The third-order valence-electron chi connectivity index (χ3n) is 16.5. The van der Waals surface area contributed by atoms with Crippen LogP contribution in [-0.2, 0) is 47.7 Å². The second kappa shape index (κ2) is 51.7. The van der Waals surface area contributed by atoms with Gasteiger partial charge >= 0.3 is 12.6 Å². The van der Waals surface area contributed by atoms with Crippen LogP contribution in [0, 0.1) is 10.8 Å². The number of hydrogen-bond acceptors (Lipinski definition) is 11. The van der Waals surface area contributed by atoms with Crippen LogP contribution >= 0.6 is 0 Å². The fourth-order valence-electron chi connectivity index (χ4n) is 9.69. The topological polar surface area (TPSA) is 209 Å². The van der Waals surface area contributed by atoms with Crippen molar-refractivity contribution in [1.82, 2.24) is 26.6 Å². The van der Waals surface area contributed by atoms with E-state index in [0.29, 0.717) is 71.6 Å². The van der Waals surface area contributed by atoms with Gasteiger partial charge in [0.1, 0.15) is 5.78 Å². The molecule has 0 aromatic rings. The maximum Gasteiger partial charge on any atom is 0.411 e. The van der Waals surface area contributed by atoms with E-state index < -0.39 is 46.4 Å². The minimum Gasteiger partial charge on any atom is -0.394 e. The number of carbonyl (C=O) groups is 6. The number of alkyl carbamates (subject to hydrolysis) is 1. The van der Waals surface area contributed by atoms with Gasteiger partial charge in [0.25, 0.3) is 0 Å². The molecule has 0 saturated carbocycles. The Bertz CT molecular complexity index is 1670. The van der Waals surface area contributed by atoms with Gasteiger partial charge in [-0.05, 0) is 78.6 Å². The van der Waals surface area contributed by atoms with E-state index in [4.69, 9.17) is 23.7 Å². The summed E-state index contributed by atoms with van der Waals surface area (Å²) in [6.45, 7) is 22.3. The van der Waals surface area contributed by atoms with Crippen molar-refractivity contribution in [2.45, 2.75) is 331 Å². The molecule has 0 spiro atoms. The van der Waals surface area contributed by atoms with Crippen LogP contribution in [0.15, 0.2) is 0 Å². The van der Waals surface area contributed by atoms with E-state index in [2.05, 4.69) is 40.4 Å². The molecule has 5 amide bonds. The van der Waals surface area contributed by atoms with Crippen molar-refractivity contribution >= 4 is 35.5 Å². The summed E-state index contributed by atoms with van der Waals surface area (Å²) in [6.07, 6.45) is 43.6. The lowest BCUT2D eigenvalue weighted by atomic mass is 9.65. The van der Waals surface area contributed by atoms with Gasteiger partial charge in [0.05, 0.1) is 50.7 Å². The smallest absolute Gasteiger partial charge is 0.394 e. The predicted octanol–water partition coefficient (Wildman–Crippen LogP) is 15.2. The SMILES string of the molecule is CCCCCCCCCCCCCCCCCCOC(OCCCCCCCCCCCCCCCCC)OC(=O)NCCCCCC(=O)NCCC(C)(C)OCC(C)(C)OCCC(C)(C)C(C)(C)C(=O)NCC(=O)NCC(=O)NCC(C)=O. The standard InChI is InChI=1S/C68H131N5O11/c1-12-14-16-18-20-22-24-26-28-30-32-34-36-38-40-45-52-81-64(80-51-44-39-37-35-33-31-29-27-25-23-21-19-17-15-13-2)84-63(79)70-49-43-41-42-46-59(75)69-50-47-66(6,7)83-57-67(8,9)82-53-48-65(4,5)68(10,11)62(78)73-56-61(77)72-55-60(76)71-54-58(3)74/h64H,12-57H2,1-11H3,(H,69,75)(H,70,79)(H,71,76)(H,72,77)(H,73,78). The average molecular weight is 1190 g/mol. The maximum absolute atomic E-state index is 13.2. The first kappa shape index (κ1) is 80.7. The highest BCUT2D eigenvalue weighted by Crippen LogP contribution is 2.42. The number of amides is 5. The highest BCUT2D eigenvalue weighted by atomic mass is 16.9. The van der Waals surface area contributed by atoms with Crippen LogP contribution in [0.2, 0.25) is 0 Å². The normalized spacial score (nSPS) is 12.5. The molecular weight excluding hydrogens is 1060 g/mol. The summed E-state index contributed by atoms with van der Waals surface area (Å²) in [7, 11) is 0. The monoisotopic (exact) mass is 1190 g/mol. The van der Waals surface area contributed by atoms with Crippen molar-refractivity contribution in [2.75, 3.05) is 59.2 Å². The number of ether oxygens (including phenoxy) is 5. The molecule has 494 valence electrons. The lowest BCUT2D eigenvalue weighted by molar-refractivity contribution is -0.261. The van der Waals surface area contributed by atoms with Crippen LogP contribution in [0.4, 0.5) is 4.79 Å². The molecule has 0 aliphatic rings. The minimum absolute atomic E-state index is 0.0219. The Morgan fingerprint density at radius 3 is 1.23 bits per heavy atom. The zero-order chi connectivity index (χ0) is 62.6. The van der Waals surface area contributed by atoms with Gasteiger partial charge in [-0.1, -0.05) is 234 Å². The summed E-state index contributed by atoms with van der Waals surface area (Å²) >= 11 is 0. The number of nitrogens with one attached hydrogen (secondary N) is 5. The van der Waals surface area contributed by atoms with E-state index in [1.807, 2.05) is 55.4 Å². The Morgan fingerprint density at radius 1 is 0.381 bits per heavy atom. The van der Waals surface area contributed by atoms with Gasteiger partial charge in [-0.25, -0.2) is 4.79 Å². The van der Waals surface area contributed by atoms with Crippen LogP contribution in [-0.4, -0.2) is 112 Å². The molecule has 0 radical (unpaired) electrons. The van der Waals surface area contributed by atoms with Crippen molar-refractivity contribution in [2.24, 2.45) is 10.8 Å². The lowest BCUT2D eigenvalue weighted by Gasteiger charge is -2.41. The third-order valence-corrected chi connectivity index (χ3v) is 16.5. The molecule has 0 aromatic heterocycles. The van der Waals surface area contributed by atoms with E-state index >= 15 is 0 Å². The molecule has 0 aliphatic heterocycles. The number of Topliss-reactive ketones (excluding diaryl/α,β-unsaturated/α-hetero) is 1. The first-order valence-corrected chi connectivity index (χ1v) is 34.1. The Morgan fingerprint density at radius 2 is 0.786 bits per heavy atom. The third kappa shape index (κ3) is 48.7. The van der Waals surface area contributed by atoms with Crippen molar-refractivity contribution in [1.29, 1.82) is 0 Å². The van der Waals surface area contributed by atoms with E-state index in [1.165, 1.54) is 180 Å². The summed E-state index contributed by atoms with van der Waals surface area (Å²) in [5.74, 6) is -1.53. The second-order valence-corrected chi connectivity index (χ2v) is 26.4. The van der Waals surface area contributed by atoms with Gasteiger partial charge in [-0.3, -0.25) is 24.0 Å². The second-order valence-electron chi connectivity index (χ2n) is 26.4. The first-order chi connectivity index (χ1) is 40.1. The van der Waals surface area contributed by atoms with Gasteiger partial charge in [0.2, 0.25) is 23.6 Å². The maximum atomic E-state index is 13.2. The summed E-state index contributed by atoms with van der Waals surface area (Å²) in [5, 5.41) is 13.4. The molecule has 0 rings (SSSR count). The van der Waals surface area contributed by atoms with Crippen LogP contribution in [0.5, 0.6) is 0 Å². The Labute approximate surface area is 513 Å². The summed E-state index contributed by atoms with van der Waals surface area (Å²) < 4.78 is 30.2. The number of unbranched alkanes of at least 4 members (excludes halogenated alkanes) is 31. The summed E-state index contributed by atoms with van der Waals surface area (Å²) in [6, 6.07) is 0. The number of carbonyl (C=O) groups excluding carboxylic acids is 6. The van der Waals surface area contributed by atoms with Crippen molar-refractivity contribution in [3.8, 4) is 0 Å². The zero-order valence-corrected chi connectivity index (χ0v) is 56.1. The van der Waals surface area contributed by atoms with Gasteiger partial charge in [0, 0.05) is 31.5 Å². The number of ketones is 1. The fraction of sp³-hybridized carbons (Fsp3) is 0.912. The number of rotatable bonds is 60. The molecule has 16 nitrogen and oxygen atoms in total. The molecule has 0 saturated heterocycles. The van der Waals surface area contributed by atoms with Gasteiger partial charge in [-0.2, -0.15) is 0 Å². The quantitative estimate of drug-likeness (QED) is 0.0286. The molecule has 5 N–H and O–H groups in total. The highest BCUT2D eigenvalue weighted by Gasteiger charge is 2.43. The summed E-state index contributed by atoms with van der Waals surface area (Å²) in [5.41, 5.74) is -2.51. The van der Waals surface area contributed by atoms with E-state index in [-0.39, 0.29) is 37.2 Å². The van der Waals surface area contributed by atoms with Crippen LogP contribution < -0.4 is 26.6 Å². The average Bonchev–Trinajstić information content (AvgIpc) is 3.16. The molecular formula is C68H131N5O11. The van der Waals surface area contributed by atoms with Crippen LogP contribution in [0.25, 0.3) is 0 Å². The molecule has 0 bridgehead atoms. The summed E-state index contributed by atoms with van der Waals surface area (Å²) in [4.78, 5) is 74.0. The molecule has 1 atom stereocenters. The Kier molecular flexibility index (Phi) is 49.6. The highest BCUT2D eigenvalue weighted by molar-refractivity contribution is 5.91. The molecule has 0 aromatic carbocycles. The molecule has 0 aliphatic carbocycles. The van der Waals surface area contributed by atoms with Gasteiger partial charge < -0.3 is 50.3 Å². The van der Waals surface area contributed by atoms with Crippen LogP contribution in [0.1, 0.15) is 314 Å². The van der Waals surface area contributed by atoms with E-state index in [9.17, 15) is 28.8 Å². The minimum atomic E-state index is -1.02. The van der Waals surface area contributed by atoms with E-state index in [0.717, 1.165) is 32.1 Å². The van der Waals surface area contributed by atoms with Gasteiger partial charge in [-0.15, -0.1) is 0 Å². The van der Waals surface area contributed by atoms with Crippen molar-refractivity contribution in [3.05, 3.63) is 0 Å². The largest absolute Gasteiger partial charge is 0.411 e. The van der Waals surface area contributed by atoms with Gasteiger partial charge in [0.15, 0.2) is 0 Å². The molecule has 84 heavy (non-hydrogen) atoms. The lowest BCUT2D eigenvalue weighted by Crippen LogP contribution is -2.50. The van der Waals surface area contributed by atoms with E-state index in [1.54, 1.807) is 0 Å². The first-order valence-electron chi connectivity index (χ1n) is 34.1. The Hall–Kier alpha value is -3.34. The zero-order valence-electron chi connectivity index (χ0n) is 56.1. The number of hydrogen-bond donors (Lipinski definition) is 5. The molecule has 0 fully saturated rings. The predicted molar refractivity (Wildman–Crippen MR) is 343 cm³/mol. The molecule has 0 heterocycles. The molecule has 1 unspecified atom stereocenters. The fourth-order valence-corrected chi connectivity index (χ4v) is 9.69.